The van der Waals surface area contributed by atoms with Crippen LogP contribution in [0.25, 0.3) is 0 Å². The predicted molar refractivity (Wildman–Crippen MR) is 93.5 cm³/mol. The molecule has 1 unspecified atom stereocenters. The molecule has 0 amide bonds. The van der Waals surface area contributed by atoms with E-state index in [2.05, 4.69) is 32.8 Å². The van der Waals surface area contributed by atoms with E-state index in [4.69, 9.17) is 15.9 Å². The lowest BCUT2D eigenvalue weighted by molar-refractivity contribution is 0.0556. The highest BCUT2D eigenvalue weighted by Gasteiger charge is 2.10. The summed E-state index contributed by atoms with van der Waals surface area (Å²) in [7, 11) is 0. The van der Waals surface area contributed by atoms with Gasteiger partial charge in [0.1, 0.15) is 5.75 Å². The molecule has 3 nitrogen and oxygen atoms in total. The highest BCUT2D eigenvalue weighted by molar-refractivity contribution is 5.89. The van der Waals surface area contributed by atoms with E-state index < -0.39 is 5.97 Å². The van der Waals surface area contributed by atoms with E-state index in [1.165, 1.54) is 5.57 Å². The first kappa shape index (κ1) is 18.8. The molecule has 0 aliphatic rings. The molecule has 0 radical (unpaired) electrons. The monoisotopic (exact) mass is 314 g/mol. The standard InChI is InChI=1S/C20H26O3/c1-5-15-22-20(21)17-11-13-19(14-12-17)23-18(7-3)10-8-9-16(4)6-2/h1,9,11-14,18H,6-8,10,15H2,2-4H3. The number of benzene rings is 1. The Morgan fingerprint density at radius 2 is 2.00 bits per heavy atom. The molecule has 0 bridgehead atoms. The van der Waals surface area contributed by atoms with Crippen LogP contribution in [0, 0.1) is 12.3 Å². The van der Waals surface area contributed by atoms with Crippen molar-refractivity contribution >= 4 is 5.97 Å². The van der Waals surface area contributed by atoms with Gasteiger partial charge in [0, 0.05) is 0 Å². The number of ether oxygens (including phenoxy) is 2. The molecule has 0 aliphatic heterocycles. The maximum atomic E-state index is 11.7. The Morgan fingerprint density at radius 3 is 2.57 bits per heavy atom. The summed E-state index contributed by atoms with van der Waals surface area (Å²) in [5.41, 5.74) is 1.89. The third-order valence-electron chi connectivity index (χ3n) is 3.67. The minimum atomic E-state index is -0.415. The predicted octanol–water partition coefficient (Wildman–Crippen LogP) is 4.77. The normalized spacial score (nSPS) is 12.3. The molecule has 0 heterocycles. The molecule has 1 aromatic carbocycles. The van der Waals surface area contributed by atoms with Crippen molar-refractivity contribution in [2.75, 3.05) is 6.61 Å². The summed E-state index contributed by atoms with van der Waals surface area (Å²) < 4.78 is 10.9. The van der Waals surface area contributed by atoms with E-state index in [9.17, 15) is 4.79 Å². The van der Waals surface area contributed by atoms with Crippen LogP contribution < -0.4 is 4.74 Å². The van der Waals surface area contributed by atoms with E-state index in [0.717, 1.165) is 31.4 Å². The number of esters is 1. The Labute approximate surface area is 139 Å². The van der Waals surface area contributed by atoms with E-state index in [0.29, 0.717) is 5.56 Å². The van der Waals surface area contributed by atoms with Crippen LogP contribution in [0.3, 0.4) is 0 Å². The van der Waals surface area contributed by atoms with Gasteiger partial charge in [0.25, 0.3) is 0 Å². The van der Waals surface area contributed by atoms with Crippen LogP contribution in [-0.4, -0.2) is 18.7 Å². The van der Waals surface area contributed by atoms with Gasteiger partial charge in [0.15, 0.2) is 6.61 Å². The highest BCUT2D eigenvalue weighted by atomic mass is 16.5. The zero-order valence-corrected chi connectivity index (χ0v) is 14.3. The number of carbonyl (C=O) groups is 1. The van der Waals surface area contributed by atoms with Crippen molar-refractivity contribution in [1.29, 1.82) is 0 Å². The molecule has 124 valence electrons. The molecule has 23 heavy (non-hydrogen) atoms. The fraction of sp³-hybridized carbons (Fsp3) is 0.450. The largest absolute Gasteiger partial charge is 0.490 e. The second kappa shape index (κ2) is 10.5. The topological polar surface area (TPSA) is 35.5 Å². The molecule has 0 saturated heterocycles. The molecular weight excluding hydrogens is 288 g/mol. The second-order valence-corrected chi connectivity index (χ2v) is 5.43. The average molecular weight is 314 g/mol. The first-order chi connectivity index (χ1) is 11.1. The quantitative estimate of drug-likeness (QED) is 0.374. The lowest BCUT2D eigenvalue weighted by Crippen LogP contribution is -2.15. The van der Waals surface area contributed by atoms with Gasteiger partial charge in [-0.15, -0.1) is 6.42 Å². The minimum absolute atomic E-state index is 0.0142. The molecule has 3 heteroatoms. The zero-order valence-electron chi connectivity index (χ0n) is 14.3. The van der Waals surface area contributed by atoms with Gasteiger partial charge >= 0.3 is 5.97 Å². The van der Waals surface area contributed by atoms with Crippen molar-refractivity contribution in [3.05, 3.63) is 41.5 Å². The molecule has 0 N–H and O–H groups in total. The molecule has 0 fully saturated rings. The van der Waals surface area contributed by atoms with Crippen LogP contribution in [0.5, 0.6) is 5.75 Å². The molecule has 1 aromatic rings. The van der Waals surface area contributed by atoms with Gasteiger partial charge in [-0.05, 0) is 56.9 Å². The number of terminal acetylenes is 1. The van der Waals surface area contributed by atoms with Crippen LogP contribution in [0.1, 0.15) is 56.8 Å². The van der Waals surface area contributed by atoms with Crippen molar-refractivity contribution in [1.82, 2.24) is 0 Å². The molecular formula is C20H26O3. The van der Waals surface area contributed by atoms with Crippen molar-refractivity contribution in [2.24, 2.45) is 0 Å². The number of rotatable bonds is 9. The molecule has 0 spiro atoms. The van der Waals surface area contributed by atoms with E-state index in [1.54, 1.807) is 24.3 Å². The van der Waals surface area contributed by atoms with Crippen molar-refractivity contribution < 1.29 is 14.3 Å². The zero-order chi connectivity index (χ0) is 17.1. The molecule has 0 aromatic heterocycles. The van der Waals surface area contributed by atoms with Gasteiger partial charge in [-0.25, -0.2) is 4.79 Å². The number of hydrogen-bond donors (Lipinski definition) is 0. The lowest BCUT2D eigenvalue weighted by Gasteiger charge is -2.17. The van der Waals surface area contributed by atoms with Crippen molar-refractivity contribution in [2.45, 2.75) is 52.6 Å². The molecule has 0 saturated carbocycles. The van der Waals surface area contributed by atoms with Crippen molar-refractivity contribution in [3.8, 4) is 18.1 Å². The van der Waals surface area contributed by atoms with Crippen LogP contribution in [0.4, 0.5) is 0 Å². The molecule has 1 rings (SSSR count). The fourth-order valence-corrected chi connectivity index (χ4v) is 2.06. The summed E-state index contributed by atoms with van der Waals surface area (Å²) in [6.07, 6.45) is 11.6. The Kier molecular flexibility index (Phi) is 8.60. The van der Waals surface area contributed by atoms with Crippen LogP contribution in [0.15, 0.2) is 35.9 Å². The van der Waals surface area contributed by atoms with Gasteiger partial charge in [0.05, 0.1) is 11.7 Å². The maximum Gasteiger partial charge on any atom is 0.339 e. The van der Waals surface area contributed by atoms with Crippen molar-refractivity contribution in [3.63, 3.8) is 0 Å². The van der Waals surface area contributed by atoms with Crippen LogP contribution in [0.2, 0.25) is 0 Å². The summed E-state index contributed by atoms with van der Waals surface area (Å²) >= 11 is 0. The maximum absolute atomic E-state index is 11.7. The summed E-state index contributed by atoms with van der Waals surface area (Å²) in [6, 6.07) is 6.98. The Bertz CT molecular complexity index is 549. The first-order valence-electron chi connectivity index (χ1n) is 8.13. The van der Waals surface area contributed by atoms with Gasteiger partial charge in [0.2, 0.25) is 0 Å². The lowest BCUT2D eigenvalue weighted by atomic mass is 10.1. The second-order valence-electron chi connectivity index (χ2n) is 5.43. The first-order valence-corrected chi connectivity index (χ1v) is 8.13. The van der Waals surface area contributed by atoms with Crippen LogP contribution >= 0.6 is 0 Å². The van der Waals surface area contributed by atoms with E-state index in [1.807, 2.05) is 0 Å². The summed E-state index contributed by atoms with van der Waals surface area (Å²) in [5, 5.41) is 0. The van der Waals surface area contributed by atoms with Gasteiger partial charge in [-0.1, -0.05) is 31.4 Å². The number of carbonyl (C=O) groups excluding carboxylic acids is 1. The smallest absolute Gasteiger partial charge is 0.339 e. The SMILES string of the molecule is C#CCOC(=O)c1ccc(OC(CC)CCC=C(C)CC)cc1. The third-order valence-corrected chi connectivity index (χ3v) is 3.67. The number of allylic oxidation sites excluding steroid dienone is 2. The summed E-state index contributed by atoms with van der Waals surface area (Å²) in [6.45, 7) is 6.42. The summed E-state index contributed by atoms with van der Waals surface area (Å²) in [4.78, 5) is 11.7. The van der Waals surface area contributed by atoms with Gasteiger partial charge in [-0.3, -0.25) is 0 Å². The Balaban J connectivity index is 2.55. The molecule has 0 aliphatic carbocycles. The van der Waals surface area contributed by atoms with Gasteiger partial charge in [-0.2, -0.15) is 0 Å². The van der Waals surface area contributed by atoms with E-state index >= 15 is 0 Å². The average Bonchev–Trinajstić information content (AvgIpc) is 2.59. The molecule has 1 atom stereocenters. The van der Waals surface area contributed by atoms with Gasteiger partial charge < -0.3 is 9.47 Å². The fourth-order valence-electron chi connectivity index (χ4n) is 2.06. The Morgan fingerprint density at radius 1 is 1.30 bits per heavy atom. The third kappa shape index (κ3) is 7.06. The van der Waals surface area contributed by atoms with Crippen LogP contribution in [-0.2, 0) is 4.74 Å². The number of hydrogen-bond acceptors (Lipinski definition) is 3. The summed E-state index contributed by atoms with van der Waals surface area (Å²) in [5.74, 6) is 2.62. The highest BCUT2D eigenvalue weighted by Crippen LogP contribution is 2.18. The minimum Gasteiger partial charge on any atom is -0.490 e. The van der Waals surface area contributed by atoms with E-state index in [-0.39, 0.29) is 12.7 Å². The Hall–Kier alpha value is -2.21.